The molecule has 1 nitrogen and oxygen atoms in total. The van der Waals surface area contributed by atoms with Crippen LogP contribution in [-0.2, 0) is 5.41 Å². The van der Waals surface area contributed by atoms with E-state index in [1.165, 1.54) is 75.3 Å². The average Bonchev–Trinajstić information content (AvgIpc) is 2.73. The Balaban J connectivity index is 1.73. The molecule has 27 heavy (non-hydrogen) atoms. The van der Waals surface area contributed by atoms with Crippen LogP contribution in [0.3, 0.4) is 0 Å². The summed E-state index contributed by atoms with van der Waals surface area (Å²) in [5.41, 5.74) is 2.97. The molecule has 0 unspecified atom stereocenters. The Bertz CT molecular complexity index is 551. The normalized spacial score (nSPS) is 11.6. The third-order valence-corrected chi connectivity index (χ3v) is 5.91. The first-order valence-electron chi connectivity index (χ1n) is 11.0. The summed E-state index contributed by atoms with van der Waals surface area (Å²) in [6, 6.07) is 22.0. The molecule has 0 aromatic heterocycles. The van der Waals surface area contributed by atoms with E-state index in [0.717, 1.165) is 6.42 Å². The first-order valence-corrected chi connectivity index (χ1v) is 11.0. The molecule has 148 valence electrons. The summed E-state index contributed by atoms with van der Waals surface area (Å²) in [4.78, 5) is 0. The lowest BCUT2D eigenvalue weighted by molar-refractivity contribution is 0.282. The van der Waals surface area contributed by atoms with E-state index in [4.69, 9.17) is 5.11 Å². The Morgan fingerprint density at radius 3 is 1.33 bits per heavy atom. The molecule has 0 aliphatic heterocycles. The molecule has 2 rings (SSSR count). The molecule has 2 aromatic rings. The van der Waals surface area contributed by atoms with Crippen molar-refractivity contribution in [3.8, 4) is 0 Å². The molecule has 0 amide bonds. The van der Waals surface area contributed by atoms with E-state index in [1.807, 2.05) is 0 Å². The Kier molecular flexibility index (Phi) is 10.2. The van der Waals surface area contributed by atoms with E-state index in [1.54, 1.807) is 0 Å². The first kappa shape index (κ1) is 21.7. The second-order valence-electron chi connectivity index (χ2n) is 8.07. The predicted octanol–water partition coefficient (Wildman–Crippen LogP) is 7.28. The van der Waals surface area contributed by atoms with Gasteiger partial charge in [-0.3, -0.25) is 0 Å². The Morgan fingerprint density at radius 1 is 0.556 bits per heavy atom. The van der Waals surface area contributed by atoms with Crippen molar-refractivity contribution in [2.24, 2.45) is 0 Å². The molecular formula is C26H38O. The van der Waals surface area contributed by atoms with Crippen LogP contribution < -0.4 is 0 Å². The maximum absolute atomic E-state index is 8.79. The van der Waals surface area contributed by atoms with Crippen molar-refractivity contribution in [2.45, 2.75) is 83.0 Å². The molecule has 0 saturated carbocycles. The van der Waals surface area contributed by atoms with Gasteiger partial charge in [0.15, 0.2) is 0 Å². The van der Waals surface area contributed by atoms with Gasteiger partial charge >= 0.3 is 0 Å². The molecule has 1 N–H and O–H groups in total. The zero-order valence-corrected chi connectivity index (χ0v) is 17.2. The van der Waals surface area contributed by atoms with Crippen molar-refractivity contribution in [1.82, 2.24) is 0 Å². The minimum Gasteiger partial charge on any atom is -0.396 e. The summed E-state index contributed by atoms with van der Waals surface area (Å²) in [5, 5.41) is 8.79. The summed E-state index contributed by atoms with van der Waals surface area (Å²) in [6.45, 7) is 2.76. The van der Waals surface area contributed by atoms with Gasteiger partial charge in [-0.05, 0) is 24.0 Å². The van der Waals surface area contributed by atoms with Crippen LogP contribution in [0, 0.1) is 0 Å². The van der Waals surface area contributed by atoms with Crippen LogP contribution in [0.25, 0.3) is 0 Å². The number of unbranched alkanes of at least 4 members (excludes halogenated alkanes) is 9. The highest BCUT2D eigenvalue weighted by molar-refractivity contribution is 5.38. The highest BCUT2D eigenvalue weighted by atomic mass is 16.2. The van der Waals surface area contributed by atoms with E-state index >= 15 is 0 Å². The van der Waals surface area contributed by atoms with E-state index in [-0.39, 0.29) is 5.41 Å². The van der Waals surface area contributed by atoms with E-state index in [2.05, 4.69) is 67.6 Å². The quantitative estimate of drug-likeness (QED) is 0.348. The summed E-state index contributed by atoms with van der Waals surface area (Å²) in [7, 11) is 0. The van der Waals surface area contributed by atoms with Gasteiger partial charge in [0.1, 0.15) is 0 Å². The van der Waals surface area contributed by atoms with Gasteiger partial charge in [-0.15, -0.1) is 0 Å². The number of aliphatic hydroxyl groups excluding tert-OH is 1. The van der Waals surface area contributed by atoms with E-state index in [0.29, 0.717) is 6.61 Å². The number of hydrogen-bond donors (Lipinski definition) is 1. The molecule has 0 fully saturated rings. The molecule has 0 atom stereocenters. The highest BCUT2D eigenvalue weighted by Crippen LogP contribution is 2.36. The smallest absolute Gasteiger partial charge is 0.0431 e. The lowest BCUT2D eigenvalue weighted by Gasteiger charge is -2.31. The third-order valence-electron chi connectivity index (χ3n) is 5.91. The molecular weight excluding hydrogens is 328 g/mol. The van der Waals surface area contributed by atoms with Crippen molar-refractivity contribution < 1.29 is 5.11 Å². The fraction of sp³-hybridized carbons (Fsp3) is 0.538. The maximum Gasteiger partial charge on any atom is 0.0431 e. The Hall–Kier alpha value is -1.60. The summed E-state index contributed by atoms with van der Waals surface area (Å²) < 4.78 is 0. The van der Waals surface area contributed by atoms with Gasteiger partial charge in [-0.1, -0.05) is 125 Å². The minimum atomic E-state index is 0.106. The lowest BCUT2D eigenvalue weighted by Crippen LogP contribution is -2.23. The molecule has 0 bridgehead atoms. The van der Waals surface area contributed by atoms with Gasteiger partial charge in [-0.2, -0.15) is 0 Å². The Morgan fingerprint density at radius 2 is 0.926 bits per heavy atom. The van der Waals surface area contributed by atoms with Crippen molar-refractivity contribution in [2.75, 3.05) is 6.61 Å². The number of aliphatic hydroxyl groups is 1. The second-order valence-corrected chi connectivity index (χ2v) is 8.07. The van der Waals surface area contributed by atoms with E-state index < -0.39 is 0 Å². The van der Waals surface area contributed by atoms with Gasteiger partial charge < -0.3 is 5.11 Å². The summed E-state index contributed by atoms with van der Waals surface area (Å²) in [5.74, 6) is 0. The monoisotopic (exact) mass is 366 g/mol. The van der Waals surface area contributed by atoms with Gasteiger partial charge in [0.05, 0.1) is 0 Å². The minimum absolute atomic E-state index is 0.106. The molecule has 0 spiro atoms. The van der Waals surface area contributed by atoms with Crippen LogP contribution in [0.2, 0.25) is 0 Å². The summed E-state index contributed by atoms with van der Waals surface area (Å²) in [6.07, 6.45) is 14.1. The largest absolute Gasteiger partial charge is 0.396 e. The van der Waals surface area contributed by atoms with Crippen molar-refractivity contribution >= 4 is 0 Å². The molecule has 0 radical (unpaired) electrons. The van der Waals surface area contributed by atoms with Crippen LogP contribution in [-0.4, -0.2) is 11.7 Å². The van der Waals surface area contributed by atoms with Crippen molar-refractivity contribution in [3.63, 3.8) is 0 Å². The topological polar surface area (TPSA) is 20.2 Å². The third kappa shape index (κ3) is 7.50. The van der Waals surface area contributed by atoms with E-state index in [9.17, 15) is 0 Å². The second kappa shape index (κ2) is 12.7. The molecule has 0 saturated heterocycles. The number of benzene rings is 2. The average molecular weight is 367 g/mol. The van der Waals surface area contributed by atoms with Gasteiger partial charge in [-0.25, -0.2) is 0 Å². The van der Waals surface area contributed by atoms with Gasteiger partial charge in [0, 0.05) is 12.0 Å². The predicted molar refractivity (Wildman–Crippen MR) is 117 cm³/mol. The maximum atomic E-state index is 8.79. The molecule has 1 heteroatoms. The van der Waals surface area contributed by atoms with Crippen LogP contribution in [0.1, 0.15) is 88.7 Å². The standard InChI is InChI=1S/C26H38O/c1-26(24-18-12-10-13-19-24,25-20-14-11-15-21-25)22-16-8-6-4-2-3-5-7-9-17-23-27/h10-15,18-21,27H,2-9,16-17,22-23H2,1H3. The fourth-order valence-corrected chi connectivity index (χ4v) is 4.07. The molecule has 0 aliphatic carbocycles. The molecule has 0 heterocycles. The lowest BCUT2D eigenvalue weighted by atomic mass is 9.72. The SMILES string of the molecule is CC(CCCCCCCCCCCCO)(c1ccccc1)c1ccccc1. The first-order chi connectivity index (χ1) is 13.3. The highest BCUT2D eigenvalue weighted by Gasteiger charge is 2.27. The van der Waals surface area contributed by atoms with Crippen LogP contribution in [0.15, 0.2) is 60.7 Å². The summed E-state index contributed by atoms with van der Waals surface area (Å²) >= 11 is 0. The molecule has 2 aromatic carbocycles. The fourth-order valence-electron chi connectivity index (χ4n) is 4.07. The molecule has 0 aliphatic rings. The zero-order valence-electron chi connectivity index (χ0n) is 17.2. The van der Waals surface area contributed by atoms with Crippen LogP contribution >= 0.6 is 0 Å². The van der Waals surface area contributed by atoms with Gasteiger partial charge in [0.2, 0.25) is 0 Å². The van der Waals surface area contributed by atoms with Crippen LogP contribution in [0.4, 0.5) is 0 Å². The van der Waals surface area contributed by atoms with Crippen molar-refractivity contribution in [3.05, 3.63) is 71.8 Å². The van der Waals surface area contributed by atoms with Gasteiger partial charge in [0.25, 0.3) is 0 Å². The zero-order chi connectivity index (χ0) is 19.2. The van der Waals surface area contributed by atoms with Crippen molar-refractivity contribution in [1.29, 1.82) is 0 Å². The number of hydrogen-bond acceptors (Lipinski definition) is 1. The number of rotatable bonds is 14. The van der Waals surface area contributed by atoms with Crippen LogP contribution in [0.5, 0.6) is 0 Å². The Labute approximate surface area is 166 Å².